The van der Waals surface area contributed by atoms with Gasteiger partial charge in [-0.05, 0) is 41.6 Å². The molecule has 1 saturated carbocycles. The number of nitrogens with zero attached hydrogens (tertiary/aromatic N) is 5. The topological polar surface area (TPSA) is 148 Å². The van der Waals surface area contributed by atoms with Crippen molar-refractivity contribution in [3.63, 3.8) is 0 Å². The Morgan fingerprint density at radius 1 is 1.12 bits per heavy atom. The molecule has 186 valence electrons. The third kappa shape index (κ3) is 5.52. The molecule has 0 radical (unpaired) electrons. The second kappa shape index (κ2) is 10.6. The molecule has 0 unspecified atom stereocenters. The minimum Gasteiger partial charge on any atom is -0.364 e. The Morgan fingerprint density at radius 2 is 1.79 bits per heavy atom. The van der Waals surface area contributed by atoms with E-state index in [2.05, 4.69) is 41.6 Å². The van der Waals surface area contributed by atoms with Crippen molar-refractivity contribution in [3.05, 3.63) is 22.6 Å². The van der Waals surface area contributed by atoms with E-state index < -0.39 is 15.9 Å². The van der Waals surface area contributed by atoms with Gasteiger partial charge in [0.2, 0.25) is 16.0 Å². The summed E-state index contributed by atoms with van der Waals surface area (Å²) in [5.41, 5.74) is 6.14. The van der Waals surface area contributed by atoms with E-state index in [1.165, 1.54) is 10.9 Å². The molecule has 2 aromatic rings. The lowest BCUT2D eigenvalue weighted by molar-refractivity contribution is 0.0992. The molecule has 13 heteroatoms. The third-order valence-electron chi connectivity index (χ3n) is 6.54. The van der Waals surface area contributed by atoms with Crippen molar-refractivity contribution in [2.45, 2.75) is 62.7 Å². The van der Waals surface area contributed by atoms with Crippen LogP contribution in [0.25, 0.3) is 0 Å². The molecule has 4 rings (SSSR count). The van der Waals surface area contributed by atoms with Gasteiger partial charge in [0.1, 0.15) is 11.5 Å². The molecule has 1 aliphatic heterocycles. The highest BCUT2D eigenvalue weighted by Gasteiger charge is 2.34. The molecule has 0 atom stereocenters. The van der Waals surface area contributed by atoms with Crippen molar-refractivity contribution < 1.29 is 13.2 Å². The van der Waals surface area contributed by atoms with Crippen molar-refractivity contribution >= 4 is 49.3 Å². The molecule has 2 fully saturated rings. The van der Waals surface area contributed by atoms with Gasteiger partial charge in [0.25, 0.3) is 5.91 Å². The summed E-state index contributed by atoms with van der Waals surface area (Å²) in [5, 5.41) is 10.2. The molecule has 0 spiro atoms. The Balaban J connectivity index is 1.38. The van der Waals surface area contributed by atoms with Crippen molar-refractivity contribution in [1.29, 1.82) is 0 Å². The van der Waals surface area contributed by atoms with Crippen LogP contribution in [0.4, 0.5) is 17.5 Å². The number of carbonyl (C=O) groups excluding carboxylic acids is 1. The van der Waals surface area contributed by atoms with Crippen LogP contribution >= 0.6 is 15.9 Å². The number of aromatic nitrogens is 4. The van der Waals surface area contributed by atoms with Crippen LogP contribution in [0.2, 0.25) is 0 Å². The van der Waals surface area contributed by atoms with Gasteiger partial charge in [0.05, 0.1) is 21.6 Å². The Kier molecular flexibility index (Phi) is 7.73. The first-order chi connectivity index (χ1) is 16.3. The Labute approximate surface area is 208 Å². The van der Waals surface area contributed by atoms with E-state index in [0.717, 1.165) is 38.5 Å². The van der Waals surface area contributed by atoms with Gasteiger partial charge in [-0.25, -0.2) is 17.7 Å². The lowest BCUT2D eigenvalue weighted by atomic mass is 10.1. The predicted molar refractivity (Wildman–Crippen MR) is 133 cm³/mol. The van der Waals surface area contributed by atoms with E-state index in [1.54, 1.807) is 17.5 Å². The first-order valence-electron chi connectivity index (χ1n) is 11.6. The SMILES string of the molecule is Cn1ncc(Nc2nc(NC3CCN(S(=O)(=O)C4CCCCCC4)CC3)ncc2Br)c1C(N)=O. The molecular formula is C21H31BrN8O3S. The molecule has 0 bridgehead atoms. The molecule has 3 heterocycles. The van der Waals surface area contributed by atoms with Crippen LogP contribution < -0.4 is 16.4 Å². The lowest BCUT2D eigenvalue weighted by Crippen LogP contribution is -2.46. The average molecular weight is 556 g/mol. The van der Waals surface area contributed by atoms with Gasteiger partial charge >= 0.3 is 0 Å². The molecule has 34 heavy (non-hydrogen) atoms. The minimum atomic E-state index is -3.25. The summed E-state index contributed by atoms with van der Waals surface area (Å²) >= 11 is 3.42. The Bertz CT molecular complexity index is 1120. The van der Waals surface area contributed by atoms with Gasteiger partial charge in [0.15, 0.2) is 0 Å². The smallest absolute Gasteiger partial charge is 0.269 e. The zero-order valence-corrected chi connectivity index (χ0v) is 21.6. The average Bonchev–Trinajstić information content (AvgIpc) is 2.99. The molecule has 2 aliphatic rings. The molecule has 1 saturated heterocycles. The number of sulfonamides is 1. The van der Waals surface area contributed by atoms with Gasteiger partial charge in [-0.15, -0.1) is 0 Å². The Morgan fingerprint density at radius 3 is 2.44 bits per heavy atom. The summed E-state index contributed by atoms with van der Waals surface area (Å²) in [4.78, 5) is 20.6. The Hall–Kier alpha value is -2.25. The van der Waals surface area contributed by atoms with Crippen LogP contribution in [0.3, 0.4) is 0 Å². The first-order valence-corrected chi connectivity index (χ1v) is 13.9. The fourth-order valence-corrected chi connectivity index (χ4v) is 7.02. The second-order valence-corrected chi connectivity index (χ2v) is 12.0. The van der Waals surface area contributed by atoms with Crippen molar-refractivity contribution in [2.24, 2.45) is 12.8 Å². The van der Waals surface area contributed by atoms with E-state index in [-0.39, 0.29) is 17.0 Å². The highest BCUT2D eigenvalue weighted by molar-refractivity contribution is 9.10. The van der Waals surface area contributed by atoms with Crippen LogP contribution in [0.1, 0.15) is 61.9 Å². The predicted octanol–water partition coefficient (Wildman–Crippen LogP) is 2.74. The van der Waals surface area contributed by atoms with Gasteiger partial charge in [-0.2, -0.15) is 10.1 Å². The fraction of sp³-hybridized carbons (Fsp3) is 0.619. The molecule has 0 aromatic carbocycles. The number of aryl methyl sites for hydroxylation is 1. The summed E-state index contributed by atoms with van der Waals surface area (Å²) < 4.78 is 29.9. The van der Waals surface area contributed by atoms with Crippen LogP contribution in [0.15, 0.2) is 16.9 Å². The number of primary amides is 1. The lowest BCUT2D eigenvalue weighted by Gasteiger charge is -2.34. The van der Waals surface area contributed by atoms with Crippen LogP contribution in [-0.4, -0.2) is 62.8 Å². The minimum absolute atomic E-state index is 0.0641. The number of piperidine rings is 1. The first kappa shape index (κ1) is 24.9. The largest absolute Gasteiger partial charge is 0.364 e. The molecule has 11 nitrogen and oxygen atoms in total. The highest BCUT2D eigenvalue weighted by Crippen LogP contribution is 2.29. The van der Waals surface area contributed by atoms with E-state index in [4.69, 9.17) is 5.73 Å². The zero-order chi connectivity index (χ0) is 24.3. The van der Waals surface area contributed by atoms with Gasteiger partial charge in [-0.1, -0.05) is 25.7 Å². The third-order valence-corrected chi connectivity index (χ3v) is 9.52. The molecular weight excluding hydrogens is 524 g/mol. The maximum absolute atomic E-state index is 13.1. The number of anilines is 3. The van der Waals surface area contributed by atoms with Crippen molar-refractivity contribution in [2.75, 3.05) is 23.7 Å². The number of carbonyl (C=O) groups is 1. The number of rotatable bonds is 7. The number of hydrogen-bond acceptors (Lipinski definition) is 8. The molecule has 1 amide bonds. The van der Waals surface area contributed by atoms with Gasteiger partial charge in [-0.3, -0.25) is 9.48 Å². The molecule has 4 N–H and O–H groups in total. The summed E-state index contributed by atoms with van der Waals surface area (Å²) in [6.45, 7) is 0.992. The van der Waals surface area contributed by atoms with Crippen molar-refractivity contribution in [3.8, 4) is 0 Å². The summed E-state index contributed by atoms with van der Waals surface area (Å²) in [6.07, 6.45) is 10.3. The molecule has 2 aromatic heterocycles. The van der Waals surface area contributed by atoms with E-state index in [0.29, 0.717) is 47.9 Å². The summed E-state index contributed by atoms with van der Waals surface area (Å²) in [6, 6.07) is 0.0641. The normalized spacial score (nSPS) is 19.0. The monoisotopic (exact) mass is 554 g/mol. The quantitative estimate of drug-likeness (QED) is 0.442. The second-order valence-electron chi connectivity index (χ2n) is 8.89. The number of halogens is 1. The zero-order valence-electron chi connectivity index (χ0n) is 19.2. The van der Waals surface area contributed by atoms with Crippen LogP contribution in [-0.2, 0) is 17.1 Å². The summed E-state index contributed by atoms with van der Waals surface area (Å²) in [7, 11) is -1.61. The maximum Gasteiger partial charge on any atom is 0.269 e. The maximum atomic E-state index is 13.1. The van der Waals surface area contributed by atoms with Crippen LogP contribution in [0.5, 0.6) is 0 Å². The molecule has 1 aliphatic carbocycles. The van der Waals surface area contributed by atoms with Gasteiger partial charge in [0, 0.05) is 32.4 Å². The standard InChI is InChI=1S/C21H31BrN8O3S/c1-29-18(19(23)31)17(13-25-29)27-20-16(22)12-24-21(28-20)26-14-8-10-30(11-9-14)34(32,33)15-6-4-2-3-5-7-15/h12-15H,2-11H2,1H3,(H2,23,31)(H2,24,26,27,28). The van der Waals surface area contributed by atoms with Crippen molar-refractivity contribution in [1.82, 2.24) is 24.1 Å². The number of nitrogens with one attached hydrogen (secondary N) is 2. The van der Waals surface area contributed by atoms with Crippen LogP contribution in [0, 0.1) is 0 Å². The fourth-order valence-electron chi connectivity index (χ4n) is 4.66. The highest BCUT2D eigenvalue weighted by atomic mass is 79.9. The van der Waals surface area contributed by atoms with Gasteiger partial charge < -0.3 is 16.4 Å². The van der Waals surface area contributed by atoms with E-state index >= 15 is 0 Å². The van der Waals surface area contributed by atoms with E-state index in [9.17, 15) is 13.2 Å². The number of hydrogen-bond donors (Lipinski definition) is 3. The number of amides is 1. The summed E-state index contributed by atoms with van der Waals surface area (Å²) in [5.74, 6) is 0.276. The number of nitrogens with two attached hydrogens (primary N) is 1. The van der Waals surface area contributed by atoms with E-state index in [1.807, 2.05) is 0 Å².